The Morgan fingerprint density at radius 1 is 1.48 bits per heavy atom. The molecule has 8 heteroatoms. The van der Waals surface area contributed by atoms with Gasteiger partial charge < -0.3 is 9.52 Å². The summed E-state index contributed by atoms with van der Waals surface area (Å²) in [5.41, 5.74) is 1.66. The molecule has 0 saturated carbocycles. The number of aromatic nitrogens is 2. The van der Waals surface area contributed by atoms with Crippen LogP contribution in [0.3, 0.4) is 0 Å². The molecule has 0 amide bonds. The minimum Gasteiger partial charge on any atom is -0.472 e. The van der Waals surface area contributed by atoms with Crippen LogP contribution in [-0.2, 0) is 17.1 Å². The van der Waals surface area contributed by atoms with Gasteiger partial charge in [0, 0.05) is 19.2 Å². The van der Waals surface area contributed by atoms with E-state index in [1.54, 1.807) is 27.0 Å². The summed E-state index contributed by atoms with van der Waals surface area (Å²) in [4.78, 5) is 0.197. The van der Waals surface area contributed by atoms with Crippen LogP contribution in [0.2, 0.25) is 0 Å². The first kappa shape index (κ1) is 15.7. The third-order valence-corrected chi connectivity index (χ3v) is 5.06. The molecule has 116 valence electrons. The van der Waals surface area contributed by atoms with Gasteiger partial charge in [0.15, 0.2) is 0 Å². The number of nitrogens with zero attached hydrogens (tertiary/aromatic N) is 2. The zero-order valence-corrected chi connectivity index (χ0v) is 13.0. The van der Waals surface area contributed by atoms with Gasteiger partial charge in [0.1, 0.15) is 4.90 Å². The van der Waals surface area contributed by atoms with Crippen molar-refractivity contribution >= 4 is 10.0 Å². The molecule has 0 spiro atoms. The predicted molar refractivity (Wildman–Crippen MR) is 76.2 cm³/mol. The summed E-state index contributed by atoms with van der Waals surface area (Å²) in [6, 6.07) is 1.65. The molecule has 2 aromatic heterocycles. The van der Waals surface area contributed by atoms with E-state index in [0.717, 1.165) is 0 Å². The second kappa shape index (κ2) is 6.00. The molecule has 7 nitrogen and oxygen atoms in total. The van der Waals surface area contributed by atoms with Crippen molar-refractivity contribution in [2.45, 2.75) is 31.3 Å². The average molecular weight is 313 g/mol. The van der Waals surface area contributed by atoms with Crippen LogP contribution in [0.1, 0.15) is 29.5 Å². The summed E-state index contributed by atoms with van der Waals surface area (Å²) >= 11 is 0. The summed E-state index contributed by atoms with van der Waals surface area (Å²) < 4.78 is 33.5. The highest BCUT2D eigenvalue weighted by Crippen LogP contribution is 2.19. The van der Waals surface area contributed by atoms with Crippen molar-refractivity contribution in [2.75, 3.05) is 6.54 Å². The predicted octanol–water partition coefficient (Wildman–Crippen LogP) is 1.03. The second-order valence-corrected chi connectivity index (χ2v) is 6.59. The highest BCUT2D eigenvalue weighted by Gasteiger charge is 2.23. The quantitative estimate of drug-likeness (QED) is 0.830. The van der Waals surface area contributed by atoms with Gasteiger partial charge in [0.25, 0.3) is 0 Å². The van der Waals surface area contributed by atoms with Crippen LogP contribution in [0.5, 0.6) is 0 Å². The van der Waals surface area contributed by atoms with Crippen LogP contribution < -0.4 is 4.72 Å². The van der Waals surface area contributed by atoms with E-state index in [1.165, 1.54) is 17.2 Å². The van der Waals surface area contributed by atoms with Crippen LogP contribution in [-0.4, -0.2) is 29.8 Å². The van der Waals surface area contributed by atoms with Crippen LogP contribution in [0, 0.1) is 13.8 Å². The van der Waals surface area contributed by atoms with Gasteiger partial charge in [-0.25, -0.2) is 13.1 Å². The van der Waals surface area contributed by atoms with Crippen LogP contribution >= 0.6 is 0 Å². The topological polar surface area (TPSA) is 97.4 Å². The molecule has 2 heterocycles. The molecule has 0 fully saturated rings. The van der Waals surface area contributed by atoms with E-state index in [-0.39, 0.29) is 17.9 Å². The number of hydrogen-bond donors (Lipinski definition) is 2. The van der Waals surface area contributed by atoms with Gasteiger partial charge in [0.2, 0.25) is 10.0 Å². The molecule has 0 aliphatic heterocycles. The van der Waals surface area contributed by atoms with E-state index in [0.29, 0.717) is 17.0 Å². The van der Waals surface area contributed by atoms with Gasteiger partial charge in [-0.3, -0.25) is 4.68 Å². The Morgan fingerprint density at radius 3 is 2.71 bits per heavy atom. The fraction of sp³-hybridized carbons (Fsp3) is 0.462. The number of nitrogens with one attached hydrogen (secondary N) is 1. The van der Waals surface area contributed by atoms with Crippen molar-refractivity contribution in [2.24, 2.45) is 7.05 Å². The zero-order chi connectivity index (χ0) is 15.6. The molecule has 0 unspecified atom stereocenters. The standard InChI is InChI=1S/C13H19N3O4S/c1-9-13(10(2)16(3)15-9)21(18,19)14-6-4-12(17)11-5-7-20-8-11/h5,7-8,12,14,17H,4,6H2,1-3H3/t12-/m0/s1. The summed E-state index contributed by atoms with van der Waals surface area (Å²) in [7, 11) is -1.93. The zero-order valence-electron chi connectivity index (χ0n) is 12.2. The van der Waals surface area contributed by atoms with Crippen molar-refractivity contribution in [1.29, 1.82) is 0 Å². The van der Waals surface area contributed by atoms with E-state index in [1.807, 2.05) is 0 Å². The Kier molecular flexibility index (Phi) is 4.50. The lowest BCUT2D eigenvalue weighted by molar-refractivity contribution is 0.168. The fourth-order valence-corrected chi connectivity index (χ4v) is 3.66. The highest BCUT2D eigenvalue weighted by molar-refractivity contribution is 7.89. The molecule has 0 aromatic carbocycles. The lowest BCUT2D eigenvalue weighted by Crippen LogP contribution is -2.26. The van der Waals surface area contributed by atoms with Gasteiger partial charge >= 0.3 is 0 Å². The van der Waals surface area contributed by atoms with Gasteiger partial charge in [0.05, 0.1) is 30.0 Å². The van der Waals surface area contributed by atoms with E-state index in [9.17, 15) is 13.5 Å². The third-order valence-electron chi connectivity index (χ3n) is 3.35. The van der Waals surface area contributed by atoms with Crippen molar-refractivity contribution in [3.05, 3.63) is 35.5 Å². The van der Waals surface area contributed by atoms with Crippen molar-refractivity contribution in [1.82, 2.24) is 14.5 Å². The van der Waals surface area contributed by atoms with Crippen LogP contribution in [0.4, 0.5) is 0 Å². The van der Waals surface area contributed by atoms with Crippen molar-refractivity contribution in [3.63, 3.8) is 0 Å². The molecule has 0 aliphatic carbocycles. The Labute approximate surface area is 123 Å². The minimum atomic E-state index is -3.63. The largest absolute Gasteiger partial charge is 0.472 e. The molecule has 0 bridgehead atoms. The Hall–Kier alpha value is -1.64. The number of hydrogen-bond acceptors (Lipinski definition) is 5. The lowest BCUT2D eigenvalue weighted by atomic mass is 10.1. The molecule has 2 rings (SSSR count). The maximum absolute atomic E-state index is 12.3. The molecular formula is C13H19N3O4S. The van der Waals surface area contributed by atoms with Gasteiger partial charge in [-0.15, -0.1) is 0 Å². The SMILES string of the molecule is Cc1nn(C)c(C)c1S(=O)(=O)NCC[C@H](O)c1ccoc1. The number of aryl methyl sites for hydroxylation is 2. The second-order valence-electron chi connectivity index (χ2n) is 4.88. The summed E-state index contributed by atoms with van der Waals surface area (Å²) in [5.74, 6) is 0. The average Bonchev–Trinajstić information content (AvgIpc) is 2.98. The summed E-state index contributed by atoms with van der Waals surface area (Å²) in [6.45, 7) is 3.49. The van der Waals surface area contributed by atoms with Gasteiger partial charge in [-0.2, -0.15) is 5.10 Å². The smallest absolute Gasteiger partial charge is 0.244 e. The maximum Gasteiger partial charge on any atom is 0.244 e. The number of aliphatic hydroxyl groups excluding tert-OH is 1. The number of sulfonamides is 1. The minimum absolute atomic E-state index is 0.127. The van der Waals surface area contributed by atoms with Gasteiger partial charge in [-0.05, 0) is 26.3 Å². The Bertz CT molecular complexity index is 704. The monoisotopic (exact) mass is 313 g/mol. The van der Waals surface area contributed by atoms with Crippen LogP contribution in [0.15, 0.2) is 27.9 Å². The van der Waals surface area contributed by atoms with E-state index < -0.39 is 16.1 Å². The molecule has 21 heavy (non-hydrogen) atoms. The Morgan fingerprint density at radius 2 is 2.19 bits per heavy atom. The summed E-state index contributed by atoms with van der Waals surface area (Å²) in [5, 5.41) is 14.0. The first-order valence-electron chi connectivity index (χ1n) is 6.53. The molecule has 0 radical (unpaired) electrons. The lowest BCUT2D eigenvalue weighted by Gasteiger charge is -2.10. The fourth-order valence-electron chi connectivity index (χ4n) is 2.18. The number of aliphatic hydroxyl groups is 1. The van der Waals surface area contributed by atoms with E-state index in [4.69, 9.17) is 4.42 Å². The molecule has 0 saturated heterocycles. The number of furan rings is 1. The molecular weight excluding hydrogens is 294 g/mol. The van der Waals surface area contributed by atoms with E-state index >= 15 is 0 Å². The molecule has 1 atom stereocenters. The molecule has 2 aromatic rings. The Balaban J connectivity index is 2.02. The highest BCUT2D eigenvalue weighted by atomic mass is 32.2. The van der Waals surface area contributed by atoms with Crippen LogP contribution in [0.25, 0.3) is 0 Å². The normalized spacial score (nSPS) is 13.5. The molecule has 0 aliphatic rings. The first-order valence-corrected chi connectivity index (χ1v) is 8.01. The summed E-state index contributed by atoms with van der Waals surface area (Å²) in [6.07, 6.45) is 2.40. The van der Waals surface area contributed by atoms with E-state index in [2.05, 4.69) is 9.82 Å². The molecule has 2 N–H and O–H groups in total. The van der Waals surface area contributed by atoms with Crippen molar-refractivity contribution in [3.8, 4) is 0 Å². The third kappa shape index (κ3) is 3.34. The maximum atomic E-state index is 12.3. The van der Waals surface area contributed by atoms with Crippen molar-refractivity contribution < 1.29 is 17.9 Å². The number of rotatable bonds is 6. The van der Waals surface area contributed by atoms with Gasteiger partial charge in [-0.1, -0.05) is 0 Å². The first-order chi connectivity index (χ1) is 9.83.